The molecular weight excluding hydrogens is 592 g/mol. The number of carbonyl (C=O) groups is 4. The average Bonchev–Trinajstić information content (AvgIpc) is 3.46. The normalized spacial score (nSPS) is 18.0. The molecule has 0 aliphatic carbocycles. The number of hydrogen-bond donors (Lipinski definition) is 2. The van der Waals surface area contributed by atoms with E-state index in [4.69, 9.17) is 14.3 Å². The Bertz CT molecular complexity index is 1430. The highest BCUT2D eigenvalue weighted by Crippen LogP contribution is 2.41. The molecule has 1 aromatic carbocycles. The molecule has 2 N–H and O–H groups in total. The molecule has 222 valence electrons. The van der Waals surface area contributed by atoms with Crippen LogP contribution in [0.3, 0.4) is 0 Å². The number of thiazole rings is 1. The van der Waals surface area contributed by atoms with Crippen LogP contribution in [0.5, 0.6) is 0 Å². The van der Waals surface area contributed by atoms with Crippen molar-refractivity contribution < 1.29 is 38.4 Å². The quantitative estimate of drug-likeness (QED) is 0.0600. The average molecular weight is 619 g/mol. The van der Waals surface area contributed by atoms with E-state index in [9.17, 15) is 29.3 Å². The molecule has 15 nitrogen and oxygen atoms in total. The minimum Gasteiger partial charge on any atom is -0.498 e. The van der Waals surface area contributed by atoms with Gasteiger partial charge < -0.3 is 24.9 Å². The summed E-state index contributed by atoms with van der Waals surface area (Å²) < 4.78 is 10.7. The van der Waals surface area contributed by atoms with Crippen LogP contribution in [0.15, 0.2) is 46.3 Å². The number of benzene rings is 1. The monoisotopic (exact) mass is 618 g/mol. The van der Waals surface area contributed by atoms with Crippen molar-refractivity contribution in [2.45, 2.75) is 37.8 Å². The summed E-state index contributed by atoms with van der Waals surface area (Å²) in [6.45, 7) is 2.04. The molecule has 1 unspecified atom stereocenters. The highest BCUT2D eigenvalue weighted by atomic mass is 32.2. The minimum absolute atomic E-state index is 0.0838. The molecule has 1 aromatic heterocycles. The Morgan fingerprint density at radius 1 is 1.31 bits per heavy atom. The van der Waals surface area contributed by atoms with E-state index in [2.05, 4.69) is 20.8 Å². The second kappa shape index (κ2) is 13.9. The van der Waals surface area contributed by atoms with Crippen LogP contribution >= 0.6 is 23.1 Å². The van der Waals surface area contributed by atoms with Crippen molar-refractivity contribution in [3.8, 4) is 0 Å². The third kappa shape index (κ3) is 6.68. The van der Waals surface area contributed by atoms with E-state index in [0.717, 1.165) is 17.8 Å². The Kier molecular flexibility index (Phi) is 10.1. The molecule has 42 heavy (non-hydrogen) atoms. The molecule has 3 heterocycles. The van der Waals surface area contributed by atoms with Gasteiger partial charge in [-0.25, -0.2) is 9.78 Å². The van der Waals surface area contributed by atoms with Crippen LogP contribution in [-0.4, -0.2) is 75.6 Å². The van der Waals surface area contributed by atoms with Gasteiger partial charge in [-0.1, -0.05) is 18.5 Å². The van der Waals surface area contributed by atoms with E-state index in [1.165, 1.54) is 53.4 Å². The summed E-state index contributed by atoms with van der Waals surface area (Å²) in [6.07, 6.45) is 2.01. The number of hydrogen-bond acceptors (Lipinski definition) is 13. The number of nitrogens with one attached hydrogen (secondary N) is 2. The van der Waals surface area contributed by atoms with Crippen LogP contribution in [0.25, 0.3) is 0 Å². The molecule has 2 atom stereocenters. The Morgan fingerprint density at radius 3 is 2.74 bits per heavy atom. The molecule has 0 spiro atoms. The first-order chi connectivity index (χ1) is 20.3. The summed E-state index contributed by atoms with van der Waals surface area (Å²) >= 11 is 2.37. The number of thioether (sulfide) groups is 1. The van der Waals surface area contributed by atoms with Crippen molar-refractivity contribution in [1.29, 1.82) is 0 Å². The number of carbonyl (C=O) groups excluding carboxylic acids is 4. The zero-order chi connectivity index (χ0) is 30.2. The number of non-ortho nitro benzene ring substituents is 1. The van der Waals surface area contributed by atoms with E-state index >= 15 is 0 Å². The van der Waals surface area contributed by atoms with Crippen LogP contribution < -0.4 is 10.6 Å². The summed E-state index contributed by atoms with van der Waals surface area (Å²) in [4.78, 5) is 71.3. The van der Waals surface area contributed by atoms with E-state index < -0.39 is 34.1 Å². The van der Waals surface area contributed by atoms with Crippen LogP contribution in [0.2, 0.25) is 0 Å². The lowest BCUT2D eigenvalue weighted by Crippen LogP contribution is -2.71. The zero-order valence-electron chi connectivity index (χ0n) is 22.4. The van der Waals surface area contributed by atoms with Crippen LogP contribution in [0.1, 0.15) is 31.0 Å². The smallest absolute Gasteiger partial charge is 0.358 e. The standard InChI is InChI=1S/C25H26N6O9S2/c1-3-4-9-40-29-18(16-11-42-25(27-16)26-13-32)21(33)28-19-22(34)30-20(17(38-2)12-41-23(19)30)24(35)39-10-14-5-7-15(8-6-14)31(36)37/h5-8,11,13,19,23H,3-4,9-10,12H2,1-2H3,(H,28,33)(H,26,27,32)/t19?,23-/m1/s1. The number of β-lactam (4-membered cyclic amide) rings is 1. The number of methoxy groups -OCH3 is 1. The maximum absolute atomic E-state index is 13.3. The first-order valence-electron chi connectivity index (χ1n) is 12.6. The van der Waals surface area contributed by atoms with Crippen molar-refractivity contribution >= 4 is 63.8 Å². The van der Waals surface area contributed by atoms with Crippen LogP contribution in [-0.2, 0) is 40.1 Å². The number of anilines is 1. The van der Waals surface area contributed by atoms with Crippen molar-refractivity contribution in [3.63, 3.8) is 0 Å². The van der Waals surface area contributed by atoms with E-state index in [1.807, 2.05) is 6.92 Å². The predicted molar refractivity (Wildman–Crippen MR) is 151 cm³/mol. The lowest BCUT2D eigenvalue weighted by atomic mass is 10.0. The van der Waals surface area contributed by atoms with Gasteiger partial charge in [0.2, 0.25) is 6.41 Å². The highest BCUT2D eigenvalue weighted by molar-refractivity contribution is 8.00. The van der Waals surface area contributed by atoms with Gasteiger partial charge in [-0.15, -0.1) is 23.1 Å². The zero-order valence-corrected chi connectivity index (χ0v) is 24.1. The van der Waals surface area contributed by atoms with Gasteiger partial charge in [-0.05, 0) is 24.1 Å². The number of ether oxygens (including phenoxy) is 2. The maximum Gasteiger partial charge on any atom is 0.358 e. The molecule has 17 heteroatoms. The van der Waals surface area contributed by atoms with Crippen LogP contribution in [0, 0.1) is 10.1 Å². The molecule has 2 aliphatic rings. The number of unbranched alkanes of at least 4 members (excludes halogenated alkanes) is 1. The molecule has 1 saturated heterocycles. The highest BCUT2D eigenvalue weighted by Gasteiger charge is 2.55. The first-order valence-corrected chi connectivity index (χ1v) is 14.5. The summed E-state index contributed by atoms with van der Waals surface area (Å²) in [7, 11) is 1.37. The summed E-state index contributed by atoms with van der Waals surface area (Å²) in [5, 5.41) is 21.0. The molecule has 2 aromatic rings. The second-order valence-electron chi connectivity index (χ2n) is 8.76. The summed E-state index contributed by atoms with van der Waals surface area (Å²) in [5.74, 6) is -1.65. The van der Waals surface area contributed by atoms with Gasteiger partial charge in [-0.2, -0.15) is 0 Å². The number of rotatable bonds is 14. The van der Waals surface area contributed by atoms with Gasteiger partial charge in [0.1, 0.15) is 36.1 Å². The maximum atomic E-state index is 13.3. The first kappa shape index (κ1) is 30.4. The molecule has 2 aliphatic heterocycles. The van der Waals surface area contributed by atoms with Gasteiger partial charge in [0.25, 0.3) is 17.5 Å². The number of esters is 1. The topological polar surface area (TPSA) is 192 Å². The molecule has 0 saturated carbocycles. The molecule has 0 radical (unpaired) electrons. The van der Waals surface area contributed by atoms with Crippen molar-refractivity contribution in [1.82, 2.24) is 15.2 Å². The number of fused-ring (bicyclic) bond motifs is 1. The number of nitrogens with zero attached hydrogens (tertiary/aromatic N) is 4. The number of nitro benzene ring substituents is 1. The van der Waals surface area contributed by atoms with E-state index in [-0.39, 0.29) is 52.6 Å². The Morgan fingerprint density at radius 2 is 2.07 bits per heavy atom. The fourth-order valence-corrected chi connectivity index (χ4v) is 5.87. The Balaban J connectivity index is 1.46. The third-order valence-corrected chi connectivity index (χ3v) is 8.09. The largest absolute Gasteiger partial charge is 0.498 e. The Hall–Kier alpha value is -4.51. The minimum atomic E-state index is -0.995. The lowest BCUT2D eigenvalue weighted by molar-refractivity contribution is -0.384. The van der Waals surface area contributed by atoms with E-state index in [0.29, 0.717) is 18.4 Å². The number of nitro groups is 1. The molecule has 0 bridgehead atoms. The second-order valence-corrected chi connectivity index (χ2v) is 10.7. The van der Waals surface area contributed by atoms with Crippen LogP contribution in [0.4, 0.5) is 10.8 Å². The van der Waals surface area contributed by atoms with Gasteiger partial charge in [0.05, 0.1) is 17.8 Å². The molecule has 1 fully saturated rings. The van der Waals surface area contributed by atoms with Gasteiger partial charge >= 0.3 is 5.97 Å². The molecule has 3 amide bonds. The fraction of sp³-hybridized carbons (Fsp3) is 0.360. The van der Waals surface area contributed by atoms with Gasteiger partial charge in [0.15, 0.2) is 16.5 Å². The predicted octanol–water partition coefficient (Wildman–Crippen LogP) is 2.14. The van der Waals surface area contributed by atoms with Gasteiger partial charge in [0, 0.05) is 17.5 Å². The third-order valence-electron chi connectivity index (χ3n) is 6.07. The Labute approximate surface area is 247 Å². The fourth-order valence-electron chi connectivity index (χ4n) is 3.90. The summed E-state index contributed by atoms with van der Waals surface area (Å²) in [6, 6.07) is 4.51. The molecule has 4 rings (SSSR count). The van der Waals surface area contributed by atoms with Gasteiger partial charge in [-0.3, -0.25) is 29.4 Å². The number of aromatic nitrogens is 1. The number of amides is 3. The van der Waals surface area contributed by atoms with E-state index in [1.54, 1.807) is 0 Å². The SMILES string of the molecule is CCCCON=C(C(=O)NC1C(=O)N2C(C(=O)OCc3ccc([N+](=O)[O-])cc3)=C(OC)CS[C@H]12)c1csc(NC=O)n1. The molecular formula is C25H26N6O9S2. The lowest BCUT2D eigenvalue weighted by Gasteiger charge is -2.49. The van der Waals surface area contributed by atoms with Crippen molar-refractivity contribution in [2.75, 3.05) is 24.8 Å². The number of oxime groups is 1. The van der Waals surface area contributed by atoms with Crippen molar-refractivity contribution in [3.05, 3.63) is 62.5 Å². The summed E-state index contributed by atoms with van der Waals surface area (Å²) in [5.41, 5.74) is 0.297. The van der Waals surface area contributed by atoms with Crippen molar-refractivity contribution in [2.24, 2.45) is 5.16 Å².